The van der Waals surface area contributed by atoms with E-state index in [1.807, 2.05) is 37.8 Å². The molecule has 0 radical (unpaired) electrons. The molecule has 0 saturated carbocycles. The van der Waals surface area contributed by atoms with Crippen molar-refractivity contribution in [1.82, 2.24) is 9.80 Å². The van der Waals surface area contributed by atoms with Crippen LogP contribution in [0.25, 0.3) is 0 Å². The van der Waals surface area contributed by atoms with E-state index < -0.39 is 0 Å². The SMILES string of the molecule is CCOC(=O)CC1CC2(CCN(C(=O)N(CC)Cc3c(C)cccc3F)CC2)c2c(Br)cccc21. The number of carbonyl (C=O) groups is 2. The predicted molar refractivity (Wildman–Crippen MR) is 138 cm³/mol. The number of hydrogen-bond acceptors (Lipinski definition) is 3. The van der Waals surface area contributed by atoms with Crippen LogP contribution < -0.4 is 0 Å². The lowest BCUT2D eigenvalue weighted by atomic mass is 9.73. The second-order valence-corrected chi connectivity index (χ2v) is 10.6. The van der Waals surface area contributed by atoms with E-state index in [2.05, 4.69) is 28.1 Å². The summed E-state index contributed by atoms with van der Waals surface area (Å²) >= 11 is 3.77. The smallest absolute Gasteiger partial charge is 0.320 e. The summed E-state index contributed by atoms with van der Waals surface area (Å²) in [6.45, 7) is 8.10. The monoisotopic (exact) mass is 544 g/mol. The normalized spacial score (nSPS) is 18.4. The first kappa shape index (κ1) is 25.7. The van der Waals surface area contributed by atoms with Gasteiger partial charge in [-0.1, -0.05) is 40.2 Å². The van der Waals surface area contributed by atoms with Gasteiger partial charge in [0.2, 0.25) is 0 Å². The summed E-state index contributed by atoms with van der Waals surface area (Å²) in [4.78, 5) is 29.3. The van der Waals surface area contributed by atoms with Crippen LogP contribution in [0.15, 0.2) is 40.9 Å². The van der Waals surface area contributed by atoms with Gasteiger partial charge in [0.05, 0.1) is 19.6 Å². The number of benzene rings is 2. The number of piperidine rings is 1. The second-order valence-electron chi connectivity index (χ2n) is 9.71. The first-order valence-electron chi connectivity index (χ1n) is 12.5. The van der Waals surface area contributed by atoms with Gasteiger partial charge in [0, 0.05) is 35.1 Å². The maximum atomic E-state index is 14.4. The fourth-order valence-corrected chi connectivity index (χ4v) is 6.68. The molecular formula is C28H34BrFN2O3. The number of likely N-dealkylation sites (tertiary alicyclic amines) is 1. The van der Waals surface area contributed by atoms with Crippen LogP contribution in [0, 0.1) is 12.7 Å². The summed E-state index contributed by atoms with van der Waals surface area (Å²) in [6.07, 6.45) is 2.94. The first-order chi connectivity index (χ1) is 16.8. The van der Waals surface area contributed by atoms with Gasteiger partial charge in [0.1, 0.15) is 5.82 Å². The van der Waals surface area contributed by atoms with Gasteiger partial charge in [-0.2, -0.15) is 0 Å². The van der Waals surface area contributed by atoms with Crippen LogP contribution in [0.3, 0.4) is 0 Å². The molecule has 5 nitrogen and oxygen atoms in total. The van der Waals surface area contributed by atoms with E-state index in [4.69, 9.17) is 4.74 Å². The Hall–Kier alpha value is -2.41. The topological polar surface area (TPSA) is 49.9 Å². The number of nitrogens with zero attached hydrogens (tertiary/aromatic N) is 2. The Labute approximate surface area is 215 Å². The Morgan fingerprint density at radius 3 is 2.54 bits per heavy atom. The Bertz CT molecular complexity index is 1080. The molecule has 2 amide bonds. The van der Waals surface area contributed by atoms with E-state index in [1.54, 1.807) is 11.0 Å². The zero-order valence-corrected chi connectivity index (χ0v) is 22.4. The summed E-state index contributed by atoms with van der Waals surface area (Å²) < 4.78 is 20.7. The molecule has 2 aromatic carbocycles. The number of amides is 2. The molecule has 35 heavy (non-hydrogen) atoms. The highest BCUT2D eigenvalue weighted by molar-refractivity contribution is 9.10. The molecule has 0 aromatic heterocycles. The highest BCUT2D eigenvalue weighted by atomic mass is 79.9. The molecule has 1 heterocycles. The standard InChI is InChI=1S/C28H34BrFN2O3/c1-4-31(18-22-19(3)8-6-11-24(22)30)27(34)32-14-12-28(13-15-32)17-20(16-25(33)35-5-2)21-9-7-10-23(29)26(21)28/h6-11,20H,4-5,12-18H2,1-3H3. The first-order valence-corrected chi connectivity index (χ1v) is 13.3. The molecule has 1 fully saturated rings. The summed E-state index contributed by atoms with van der Waals surface area (Å²) in [7, 11) is 0. The van der Waals surface area contributed by atoms with Gasteiger partial charge >= 0.3 is 12.0 Å². The van der Waals surface area contributed by atoms with E-state index in [9.17, 15) is 14.0 Å². The lowest BCUT2D eigenvalue weighted by molar-refractivity contribution is -0.143. The molecule has 0 N–H and O–H groups in total. The van der Waals surface area contributed by atoms with Crippen molar-refractivity contribution in [2.24, 2.45) is 0 Å². The van der Waals surface area contributed by atoms with E-state index in [-0.39, 0.29) is 35.7 Å². The molecule has 1 unspecified atom stereocenters. The van der Waals surface area contributed by atoms with Crippen molar-refractivity contribution in [3.05, 3.63) is 68.9 Å². The molecule has 1 aliphatic heterocycles. The highest BCUT2D eigenvalue weighted by Gasteiger charge is 2.47. The van der Waals surface area contributed by atoms with Gasteiger partial charge < -0.3 is 14.5 Å². The third-order valence-corrected chi connectivity index (χ3v) is 8.38. The fraction of sp³-hybridized carbons (Fsp3) is 0.500. The van der Waals surface area contributed by atoms with Gasteiger partial charge in [-0.05, 0) is 74.8 Å². The predicted octanol–water partition coefficient (Wildman–Crippen LogP) is 6.31. The van der Waals surface area contributed by atoms with Gasteiger partial charge in [0.25, 0.3) is 0 Å². The number of rotatable bonds is 6. The van der Waals surface area contributed by atoms with Gasteiger partial charge in [-0.15, -0.1) is 0 Å². The number of carbonyl (C=O) groups excluding carboxylic acids is 2. The van der Waals surface area contributed by atoms with E-state index in [0.29, 0.717) is 38.2 Å². The molecule has 1 aliphatic carbocycles. The summed E-state index contributed by atoms with van der Waals surface area (Å²) in [5, 5.41) is 0. The lowest BCUT2D eigenvalue weighted by Gasteiger charge is -2.42. The van der Waals surface area contributed by atoms with Crippen molar-refractivity contribution in [3.63, 3.8) is 0 Å². The maximum absolute atomic E-state index is 14.4. The van der Waals surface area contributed by atoms with Crippen LogP contribution in [-0.4, -0.2) is 48.0 Å². The Morgan fingerprint density at radius 1 is 1.17 bits per heavy atom. The molecule has 7 heteroatoms. The largest absolute Gasteiger partial charge is 0.466 e. The molecule has 2 aliphatic rings. The van der Waals surface area contributed by atoms with Crippen molar-refractivity contribution >= 4 is 27.9 Å². The number of urea groups is 1. The number of aryl methyl sites for hydroxylation is 1. The quantitative estimate of drug-likeness (QED) is 0.400. The fourth-order valence-electron chi connectivity index (χ4n) is 5.88. The second kappa shape index (κ2) is 10.7. The maximum Gasteiger partial charge on any atom is 0.320 e. The molecule has 1 spiro atoms. The average molecular weight is 545 g/mol. The van der Waals surface area contributed by atoms with Crippen LogP contribution in [0.4, 0.5) is 9.18 Å². The van der Waals surface area contributed by atoms with Crippen LogP contribution in [0.1, 0.15) is 67.7 Å². The molecule has 1 saturated heterocycles. The number of hydrogen-bond donors (Lipinski definition) is 0. The highest BCUT2D eigenvalue weighted by Crippen LogP contribution is 2.55. The zero-order valence-electron chi connectivity index (χ0n) is 20.8. The molecule has 0 bridgehead atoms. The van der Waals surface area contributed by atoms with E-state index in [0.717, 1.165) is 29.3 Å². The Kier molecular flexibility index (Phi) is 7.84. The summed E-state index contributed by atoms with van der Waals surface area (Å²) in [5.41, 5.74) is 3.87. The van der Waals surface area contributed by atoms with Gasteiger partial charge in [-0.3, -0.25) is 4.79 Å². The third-order valence-electron chi connectivity index (χ3n) is 7.72. The van der Waals surface area contributed by atoms with E-state index >= 15 is 0 Å². The van der Waals surface area contributed by atoms with Crippen molar-refractivity contribution in [1.29, 1.82) is 0 Å². The third kappa shape index (κ3) is 5.11. The number of ether oxygens (including phenoxy) is 1. The molecule has 1 atom stereocenters. The minimum atomic E-state index is -0.270. The molecule has 2 aromatic rings. The van der Waals surface area contributed by atoms with E-state index in [1.165, 1.54) is 17.2 Å². The number of fused-ring (bicyclic) bond motifs is 2. The van der Waals surface area contributed by atoms with Crippen LogP contribution in [-0.2, 0) is 21.5 Å². The van der Waals surface area contributed by atoms with Crippen LogP contribution in [0.2, 0.25) is 0 Å². The molecular weight excluding hydrogens is 511 g/mol. The van der Waals surface area contributed by atoms with Gasteiger partial charge in [0.15, 0.2) is 0 Å². The lowest BCUT2D eigenvalue weighted by Crippen LogP contribution is -2.49. The van der Waals surface area contributed by atoms with Crippen LogP contribution >= 0.6 is 15.9 Å². The Balaban J connectivity index is 1.49. The average Bonchev–Trinajstić information content (AvgIpc) is 3.13. The van der Waals surface area contributed by atoms with Crippen molar-refractivity contribution in [2.75, 3.05) is 26.2 Å². The molecule has 188 valence electrons. The summed E-state index contributed by atoms with van der Waals surface area (Å²) in [6, 6.07) is 11.2. The minimum Gasteiger partial charge on any atom is -0.466 e. The van der Waals surface area contributed by atoms with Crippen molar-refractivity contribution in [3.8, 4) is 0 Å². The minimum absolute atomic E-state index is 0.0431. The zero-order chi connectivity index (χ0) is 25.2. The van der Waals surface area contributed by atoms with Crippen LogP contribution in [0.5, 0.6) is 0 Å². The van der Waals surface area contributed by atoms with Gasteiger partial charge in [-0.25, -0.2) is 9.18 Å². The van der Waals surface area contributed by atoms with Crippen molar-refractivity contribution < 1.29 is 18.7 Å². The summed E-state index contributed by atoms with van der Waals surface area (Å²) in [5.74, 6) is -0.302. The molecule has 4 rings (SSSR count). The number of halogens is 2. The number of esters is 1. The Morgan fingerprint density at radius 2 is 1.89 bits per heavy atom. The van der Waals surface area contributed by atoms with Crippen molar-refractivity contribution in [2.45, 2.75) is 64.3 Å².